The molecule has 72 valence electrons. The topological polar surface area (TPSA) is 49.3 Å². The molecule has 3 heteroatoms. The molecule has 0 spiro atoms. The second-order valence-electron chi connectivity index (χ2n) is 3.08. The van der Waals surface area contributed by atoms with Crippen molar-refractivity contribution < 1.29 is 9.90 Å². The highest BCUT2D eigenvalue weighted by Crippen LogP contribution is 2.25. The summed E-state index contributed by atoms with van der Waals surface area (Å²) >= 11 is 0. The van der Waals surface area contributed by atoms with Crippen LogP contribution in [0.5, 0.6) is 0 Å². The molecule has 1 aliphatic heterocycles. The molecule has 0 aliphatic carbocycles. The van der Waals surface area contributed by atoms with Crippen molar-refractivity contribution in [2.24, 2.45) is 5.41 Å². The van der Waals surface area contributed by atoms with Gasteiger partial charge in [0.2, 0.25) is 5.91 Å². The normalized spacial score (nSPS) is 28.5. The Morgan fingerprint density at radius 3 is 2.50 bits per heavy atom. The van der Waals surface area contributed by atoms with Gasteiger partial charge in [-0.1, -0.05) is 13.8 Å². The minimum Gasteiger partial charge on any atom is -0.395 e. The highest BCUT2D eigenvalue weighted by atomic mass is 16.3. The van der Waals surface area contributed by atoms with E-state index in [1.54, 1.807) is 6.92 Å². The zero-order valence-corrected chi connectivity index (χ0v) is 8.18. The summed E-state index contributed by atoms with van der Waals surface area (Å²) in [5, 5.41) is 11.6. The van der Waals surface area contributed by atoms with Crippen LogP contribution in [0.4, 0.5) is 0 Å². The van der Waals surface area contributed by atoms with Crippen molar-refractivity contribution in [1.29, 1.82) is 0 Å². The fourth-order valence-corrected chi connectivity index (χ4v) is 1.16. The SMILES string of the molecule is CC.CC1(CO)CCCNC1=O. The van der Waals surface area contributed by atoms with Crippen LogP contribution in [0.1, 0.15) is 33.6 Å². The fourth-order valence-electron chi connectivity index (χ4n) is 1.16. The second kappa shape index (κ2) is 5.14. The van der Waals surface area contributed by atoms with Gasteiger partial charge in [-0.25, -0.2) is 0 Å². The van der Waals surface area contributed by atoms with Crippen LogP contribution in [-0.2, 0) is 4.79 Å². The van der Waals surface area contributed by atoms with Gasteiger partial charge in [0.1, 0.15) is 0 Å². The largest absolute Gasteiger partial charge is 0.395 e. The molecule has 0 aromatic heterocycles. The van der Waals surface area contributed by atoms with Crippen molar-refractivity contribution in [3.63, 3.8) is 0 Å². The summed E-state index contributed by atoms with van der Waals surface area (Å²) in [6.45, 7) is 6.51. The van der Waals surface area contributed by atoms with E-state index in [-0.39, 0.29) is 12.5 Å². The molecular weight excluding hydrogens is 154 g/mol. The van der Waals surface area contributed by atoms with Gasteiger partial charge in [-0.2, -0.15) is 0 Å². The van der Waals surface area contributed by atoms with E-state index in [2.05, 4.69) is 5.32 Å². The first-order valence-electron chi connectivity index (χ1n) is 4.58. The van der Waals surface area contributed by atoms with Gasteiger partial charge >= 0.3 is 0 Å². The van der Waals surface area contributed by atoms with Crippen LogP contribution in [0.3, 0.4) is 0 Å². The Balaban J connectivity index is 0.000000561. The molecule has 0 saturated carbocycles. The summed E-state index contributed by atoms with van der Waals surface area (Å²) in [7, 11) is 0. The van der Waals surface area contributed by atoms with Crippen LogP contribution in [0.15, 0.2) is 0 Å². The number of aliphatic hydroxyl groups excluding tert-OH is 1. The van der Waals surface area contributed by atoms with E-state index in [4.69, 9.17) is 5.11 Å². The van der Waals surface area contributed by atoms with E-state index in [1.165, 1.54) is 0 Å². The van der Waals surface area contributed by atoms with Gasteiger partial charge in [0.15, 0.2) is 0 Å². The average Bonchev–Trinajstić information content (AvgIpc) is 2.14. The lowest BCUT2D eigenvalue weighted by Gasteiger charge is -2.30. The van der Waals surface area contributed by atoms with E-state index in [9.17, 15) is 4.79 Å². The van der Waals surface area contributed by atoms with Crippen molar-refractivity contribution in [3.8, 4) is 0 Å². The molecule has 3 nitrogen and oxygen atoms in total. The Morgan fingerprint density at radius 1 is 1.58 bits per heavy atom. The van der Waals surface area contributed by atoms with Gasteiger partial charge in [-0.05, 0) is 19.8 Å². The number of carbonyl (C=O) groups is 1. The molecule has 1 unspecified atom stereocenters. The molecule has 0 bridgehead atoms. The van der Waals surface area contributed by atoms with Gasteiger partial charge in [0.05, 0.1) is 12.0 Å². The molecule has 1 amide bonds. The predicted molar refractivity (Wildman–Crippen MR) is 48.8 cm³/mol. The van der Waals surface area contributed by atoms with Crippen molar-refractivity contribution in [3.05, 3.63) is 0 Å². The van der Waals surface area contributed by atoms with Crippen LogP contribution in [0, 0.1) is 5.41 Å². The molecule has 1 heterocycles. The number of rotatable bonds is 1. The molecule has 0 aromatic rings. The average molecular weight is 173 g/mol. The third-order valence-corrected chi connectivity index (χ3v) is 2.09. The van der Waals surface area contributed by atoms with E-state index >= 15 is 0 Å². The van der Waals surface area contributed by atoms with Crippen LogP contribution in [-0.4, -0.2) is 24.2 Å². The van der Waals surface area contributed by atoms with E-state index in [0.29, 0.717) is 0 Å². The highest BCUT2D eigenvalue weighted by molar-refractivity contribution is 5.82. The molecule has 12 heavy (non-hydrogen) atoms. The van der Waals surface area contributed by atoms with Gasteiger partial charge in [-0.3, -0.25) is 4.79 Å². The van der Waals surface area contributed by atoms with Gasteiger partial charge in [0.25, 0.3) is 0 Å². The molecule has 1 rings (SSSR count). The summed E-state index contributed by atoms with van der Waals surface area (Å²) in [6, 6.07) is 0. The maximum Gasteiger partial charge on any atom is 0.228 e. The molecule has 1 fully saturated rings. The minimum atomic E-state index is -0.516. The lowest BCUT2D eigenvalue weighted by atomic mass is 9.83. The molecule has 0 aromatic carbocycles. The number of hydrogen-bond acceptors (Lipinski definition) is 2. The molecule has 1 aliphatic rings. The number of hydrogen-bond donors (Lipinski definition) is 2. The summed E-state index contributed by atoms with van der Waals surface area (Å²) < 4.78 is 0. The number of nitrogens with one attached hydrogen (secondary N) is 1. The molecule has 2 N–H and O–H groups in total. The monoisotopic (exact) mass is 173 g/mol. The van der Waals surface area contributed by atoms with Crippen LogP contribution in [0.25, 0.3) is 0 Å². The second-order valence-corrected chi connectivity index (χ2v) is 3.08. The van der Waals surface area contributed by atoms with Crippen molar-refractivity contribution in [2.45, 2.75) is 33.6 Å². The first-order valence-corrected chi connectivity index (χ1v) is 4.58. The maximum absolute atomic E-state index is 11.1. The summed E-state index contributed by atoms with van der Waals surface area (Å²) in [4.78, 5) is 11.1. The smallest absolute Gasteiger partial charge is 0.228 e. The first kappa shape index (κ1) is 11.4. The summed E-state index contributed by atoms with van der Waals surface area (Å²) in [5.41, 5.74) is -0.516. The van der Waals surface area contributed by atoms with E-state index < -0.39 is 5.41 Å². The molecule has 1 saturated heterocycles. The standard InChI is InChI=1S/C7H13NO2.C2H6/c1-7(5-9)3-2-4-8-6(7)10;1-2/h9H,2-5H2,1H3,(H,8,10);1-2H3. The van der Waals surface area contributed by atoms with Crippen LogP contribution in [0.2, 0.25) is 0 Å². The van der Waals surface area contributed by atoms with Crippen molar-refractivity contribution in [2.75, 3.05) is 13.2 Å². The van der Waals surface area contributed by atoms with Crippen molar-refractivity contribution >= 4 is 5.91 Å². The Bertz CT molecular complexity index is 147. The molecule has 0 radical (unpaired) electrons. The predicted octanol–water partition coefficient (Wildman–Crippen LogP) is 0.921. The quantitative estimate of drug-likeness (QED) is 0.619. The van der Waals surface area contributed by atoms with E-state index in [1.807, 2.05) is 13.8 Å². The Kier molecular flexibility index (Phi) is 4.90. The Hall–Kier alpha value is -0.570. The summed E-state index contributed by atoms with van der Waals surface area (Å²) in [6.07, 6.45) is 1.78. The van der Waals surface area contributed by atoms with Gasteiger partial charge in [-0.15, -0.1) is 0 Å². The first-order chi connectivity index (χ1) is 5.69. The molecular formula is C9H19NO2. The van der Waals surface area contributed by atoms with Crippen LogP contribution >= 0.6 is 0 Å². The van der Waals surface area contributed by atoms with Crippen LogP contribution < -0.4 is 5.32 Å². The number of amides is 1. The van der Waals surface area contributed by atoms with Gasteiger partial charge in [0, 0.05) is 6.54 Å². The third kappa shape index (κ3) is 2.48. The highest BCUT2D eigenvalue weighted by Gasteiger charge is 2.34. The summed E-state index contributed by atoms with van der Waals surface area (Å²) in [5.74, 6) is -0.0127. The van der Waals surface area contributed by atoms with E-state index in [0.717, 1.165) is 19.4 Å². The lowest BCUT2D eigenvalue weighted by molar-refractivity contribution is -0.134. The Labute approximate surface area is 74.2 Å². The number of aliphatic hydroxyl groups is 1. The fraction of sp³-hybridized carbons (Fsp3) is 0.889. The zero-order valence-electron chi connectivity index (χ0n) is 8.18. The maximum atomic E-state index is 11.1. The Morgan fingerprint density at radius 2 is 2.17 bits per heavy atom. The number of piperidine rings is 1. The third-order valence-electron chi connectivity index (χ3n) is 2.09. The lowest BCUT2D eigenvalue weighted by Crippen LogP contribution is -2.46. The minimum absolute atomic E-state index is 0.0127. The van der Waals surface area contributed by atoms with Gasteiger partial charge < -0.3 is 10.4 Å². The number of carbonyl (C=O) groups excluding carboxylic acids is 1. The zero-order chi connectivity index (χ0) is 9.61. The van der Waals surface area contributed by atoms with Crippen molar-refractivity contribution in [1.82, 2.24) is 5.32 Å². The molecule has 1 atom stereocenters.